The molecule has 0 saturated carbocycles. The van der Waals surface area contributed by atoms with Gasteiger partial charge in [0.25, 0.3) is 0 Å². The Hall–Kier alpha value is -0.126. The van der Waals surface area contributed by atoms with Gasteiger partial charge in [0, 0.05) is 9.76 Å². The van der Waals surface area contributed by atoms with Gasteiger partial charge in [0.2, 0.25) is 0 Å². The van der Waals surface area contributed by atoms with E-state index >= 15 is 0 Å². The van der Waals surface area contributed by atoms with Gasteiger partial charge < -0.3 is 4.80 Å². The van der Waals surface area contributed by atoms with Crippen molar-refractivity contribution in [1.29, 1.82) is 0 Å². The molecule has 0 aromatic carbocycles. The Bertz CT molecular complexity index is 97.6. The summed E-state index contributed by atoms with van der Waals surface area (Å²) in [5.74, 6) is 0. The normalized spacial score (nSPS) is 11.2. The average Bonchev–Trinajstić information content (AvgIpc) is 1.64. The second-order valence-corrected chi connectivity index (χ2v) is 11.9. The molecule has 0 aromatic rings. The molecule has 0 saturated heterocycles. The van der Waals surface area contributed by atoms with Crippen LogP contribution in [0.2, 0.25) is 12.1 Å². The quantitative estimate of drug-likeness (QED) is 0.456. The van der Waals surface area contributed by atoms with Gasteiger partial charge in [-0.15, -0.1) is 13.2 Å². The van der Waals surface area contributed by atoms with Crippen LogP contribution in [0, 0.1) is 0 Å². The van der Waals surface area contributed by atoms with E-state index in [1.165, 1.54) is 0 Å². The fraction of sp³-hybridized carbons (Fsp3) is 0.333. The molecule has 0 rings (SSSR count). The van der Waals surface area contributed by atoms with E-state index in [2.05, 4.69) is 13.2 Å². The Morgan fingerprint density at radius 2 is 1.67 bits per heavy atom. The molecule has 0 aliphatic rings. The third-order valence-electron chi connectivity index (χ3n) is 1.17. The Labute approximate surface area is 60.4 Å². The first-order valence-electron chi connectivity index (χ1n) is 3.06. The lowest BCUT2D eigenvalue weighted by Crippen LogP contribution is -2.33. The van der Waals surface area contributed by atoms with Crippen molar-refractivity contribution in [3.8, 4) is 0 Å². The maximum atomic E-state index is 9.57. The van der Waals surface area contributed by atoms with Crippen LogP contribution in [-0.4, -0.2) is 22.4 Å². The summed E-state index contributed by atoms with van der Waals surface area (Å²) in [6, 6.07) is 1.65. The van der Waals surface area contributed by atoms with Gasteiger partial charge in [-0.2, -0.15) is 0 Å². The Morgan fingerprint density at radius 3 is 1.89 bits per heavy atom. The Balaban J connectivity index is 3.68. The lowest BCUT2D eigenvalue weighted by atomic mass is 10.7. The van der Waals surface area contributed by atoms with Crippen molar-refractivity contribution in [2.45, 2.75) is 12.1 Å². The van der Waals surface area contributed by atoms with Gasteiger partial charge in [-0.1, -0.05) is 12.2 Å². The summed E-state index contributed by atoms with van der Waals surface area (Å²) >= 11 is 0. The van der Waals surface area contributed by atoms with Crippen molar-refractivity contribution >= 4 is 17.6 Å². The minimum atomic E-state index is -1.80. The predicted molar refractivity (Wildman–Crippen MR) is 47.9 cm³/mol. The summed E-state index contributed by atoms with van der Waals surface area (Å²) in [4.78, 5) is 9.57. The molecule has 0 fully saturated rings. The second kappa shape index (κ2) is 3.82. The van der Waals surface area contributed by atoms with Crippen molar-refractivity contribution in [3.05, 3.63) is 25.3 Å². The van der Waals surface area contributed by atoms with Gasteiger partial charge in [0.15, 0.2) is 7.83 Å². The number of rotatable bonds is 4. The van der Waals surface area contributed by atoms with Crippen LogP contribution >= 0.6 is 0 Å². The average molecular weight is 158 g/mol. The Morgan fingerprint density at radius 1 is 1.33 bits per heavy atom. The third-order valence-corrected chi connectivity index (χ3v) is 5.95. The molecule has 9 heavy (non-hydrogen) atoms. The molecule has 0 heterocycles. The van der Waals surface area contributed by atoms with Crippen LogP contribution in [0.4, 0.5) is 0 Å². The van der Waals surface area contributed by atoms with Crippen LogP contribution in [-0.2, 0) is 0 Å². The van der Waals surface area contributed by atoms with Crippen LogP contribution in [0.1, 0.15) is 0 Å². The first-order chi connectivity index (χ1) is 4.12. The smallest absolute Gasteiger partial charge is 0.171 e. The van der Waals surface area contributed by atoms with E-state index < -0.39 is 7.83 Å². The monoisotopic (exact) mass is 158 g/mol. The van der Waals surface area contributed by atoms with E-state index in [9.17, 15) is 4.80 Å². The SMILES string of the molecule is C=CC[Si](O)([SiH3])CC=C. The number of allylic oxidation sites excluding steroid dienone is 2. The second-order valence-electron chi connectivity index (χ2n) is 2.48. The summed E-state index contributed by atoms with van der Waals surface area (Å²) in [5, 5.41) is 0. The van der Waals surface area contributed by atoms with Crippen LogP contribution in [0.5, 0.6) is 0 Å². The third kappa shape index (κ3) is 4.38. The fourth-order valence-electron chi connectivity index (χ4n) is 0.705. The highest BCUT2D eigenvalue weighted by molar-refractivity contribution is 7.13. The minimum absolute atomic E-state index is 0.825. The molecule has 0 aromatic heterocycles. The lowest BCUT2D eigenvalue weighted by Gasteiger charge is -2.14. The predicted octanol–water partition coefficient (Wildman–Crippen LogP) is 0.158. The summed E-state index contributed by atoms with van der Waals surface area (Å²) in [7, 11) is -0.881. The molecule has 1 N–H and O–H groups in total. The zero-order valence-electron chi connectivity index (χ0n) is 5.93. The molecule has 0 atom stereocenters. The van der Waals surface area contributed by atoms with Gasteiger partial charge in [-0.05, 0) is 12.1 Å². The van der Waals surface area contributed by atoms with E-state index in [1.54, 1.807) is 0 Å². The highest BCUT2D eigenvalue weighted by Gasteiger charge is 2.19. The van der Waals surface area contributed by atoms with Gasteiger partial charge in [-0.3, -0.25) is 0 Å². The lowest BCUT2D eigenvalue weighted by molar-refractivity contribution is 0.566. The van der Waals surface area contributed by atoms with Crippen LogP contribution in [0.15, 0.2) is 25.3 Å². The van der Waals surface area contributed by atoms with Gasteiger partial charge in [-0.25, -0.2) is 0 Å². The van der Waals surface area contributed by atoms with Crippen LogP contribution in [0.25, 0.3) is 0 Å². The minimum Gasteiger partial charge on any atom is -0.435 e. The largest absolute Gasteiger partial charge is 0.435 e. The first-order valence-corrected chi connectivity index (χ1v) is 8.93. The van der Waals surface area contributed by atoms with Crippen molar-refractivity contribution in [2.24, 2.45) is 0 Å². The summed E-state index contributed by atoms with van der Waals surface area (Å²) in [5.41, 5.74) is 0. The van der Waals surface area contributed by atoms with E-state index in [-0.39, 0.29) is 0 Å². The zero-order valence-corrected chi connectivity index (χ0v) is 8.93. The van der Waals surface area contributed by atoms with Crippen molar-refractivity contribution in [2.75, 3.05) is 0 Å². The molecule has 0 spiro atoms. The highest BCUT2D eigenvalue weighted by Crippen LogP contribution is 2.07. The van der Waals surface area contributed by atoms with Gasteiger partial charge >= 0.3 is 0 Å². The van der Waals surface area contributed by atoms with E-state index in [0.29, 0.717) is 0 Å². The van der Waals surface area contributed by atoms with Gasteiger partial charge in [0.1, 0.15) is 0 Å². The standard InChI is InChI=1S/C6H14OSi2/c1-3-5-9(7,8)6-4-2/h3-4,7H,1-2,5-6H2,8H3. The van der Waals surface area contributed by atoms with E-state index in [0.717, 1.165) is 21.8 Å². The molecular formula is C6H14OSi2. The number of hydrogen-bond donors (Lipinski definition) is 1. The molecule has 3 heteroatoms. The van der Waals surface area contributed by atoms with E-state index in [1.807, 2.05) is 12.2 Å². The molecule has 1 nitrogen and oxygen atoms in total. The molecule has 52 valence electrons. The van der Waals surface area contributed by atoms with Crippen molar-refractivity contribution < 1.29 is 4.80 Å². The maximum Gasteiger partial charge on any atom is 0.171 e. The van der Waals surface area contributed by atoms with Crippen molar-refractivity contribution in [1.82, 2.24) is 0 Å². The molecule has 0 aliphatic carbocycles. The van der Waals surface area contributed by atoms with Crippen molar-refractivity contribution in [3.63, 3.8) is 0 Å². The van der Waals surface area contributed by atoms with E-state index in [4.69, 9.17) is 0 Å². The first kappa shape index (κ1) is 8.87. The zero-order chi connectivity index (χ0) is 7.33. The summed E-state index contributed by atoms with van der Waals surface area (Å²) < 4.78 is 0. The fourth-order valence-corrected chi connectivity index (χ4v) is 3.85. The summed E-state index contributed by atoms with van der Waals surface area (Å²) in [6.07, 6.45) is 3.62. The van der Waals surface area contributed by atoms with Crippen LogP contribution in [0.3, 0.4) is 0 Å². The molecule has 0 amide bonds. The molecule has 0 radical (unpaired) electrons. The highest BCUT2D eigenvalue weighted by atomic mass is 29.2. The summed E-state index contributed by atoms with van der Waals surface area (Å²) in [6.45, 7) is 7.18. The maximum absolute atomic E-state index is 9.57. The number of hydrogen-bond acceptors (Lipinski definition) is 1. The van der Waals surface area contributed by atoms with Gasteiger partial charge in [0.05, 0.1) is 0 Å². The molecule has 0 aliphatic heterocycles. The molecule has 0 bridgehead atoms. The topological polar surface area (TPSA) is 20.2 Å². The van der Waals surface area contributed by atoms with Crippen LogP contribution < -0.4 is 0 Å². The Kier molecular flexibility index (Phi) is 3.76. The molecule has 0 unspecified atom stereocenters. The molecular weight excluding hydrogens is 144 g/mol.